The zero-order valence-corrected chi connectivity index (χ0v) is 20.0. The Morgan fingerprint density at radius 3 is 2.49 bits per heavy atom. The van der Waals surface area contributed by atoms with Gasteiger partial charge in [-0.3, -0.25) is 13.7 Å². The number of para-hydroxylation sites is 1. The minimum atomic E-state index is -3.67. The third-order valence-electron chi connectivity index (χ3n) is 6.44. The molecule has 0 aliphatic carbocycles. The van der Waals surface area contributed by atoms with Crippen molar-refractivity contribution in [2.75, 3.05) is 7.05 Å². The zero-order valence-electron chi connectivity index (χ0n) is 19.2. The molecular formula is C25H21N5O4S. The molecule has 0 saturated heterocycles. The number of benzene rings is 3. The summed E-state index contributed by atoms with van der Waals surface area (Å²) in [6.45, 7) is 0. The van der Waals surface area contributed by atoms with Crippen molar-refractivity contribution < 1.29 is 12.8 Å². The molecule has 6 rings (SSSR count). The van der Waals surface area contributed by atoms with Crippen LogP contribution in [0, 0.1) is 0 Å². The third kappa shape index (κ3) is 3.07. The molecule has 3 heterocycles. The maximum atomic E-state index is 12.6. The van der Waals surface area contributed by atoms with Crippen LogP contribution in [0.25, 0.3) is 50.1 Å². The van der Waals surface area contributed by atoms with E-state index >= 15 is 0 Å². The minimum Gasteiger partial charge on any atom is -0.464 e. The Morgan fingerprint density at radius 1 is 0.914 bits per heavy atom. The molecule has 35 heavy (non-hydrogen) atoms. The van der Waals surface area contributed by atoms with E-state index in [1.54, 1.807) is 41.6 Å². The summed E-state index contributed by atoms with van der Waals surface area (Å²) in [6.07, 6.45) is 1.66. The Balaban J connectivity index is 1.72. The summed E-state index contributed by atoms with van der Waals surface area (Å²) in [5.41, 5.74) is 4.89. The van der Waals surface area contributed by atoms with Crippen LogP contribution in [0.4, 0.5) is 0 Å². The van der Waals surface area contributed by atoms with Crippen molar-refractivity contribution in [1.82, 2.24) is 23.4 Å². The van der Waals surface area contributed by atoms with Crippen molar-refractivity contribution in [2.24, 2.45) is 14.1 Å². The average Bonchev–Trinajstić information content (AvgIpc) is 3.53. The fourth-order valence-corrected chi connectivity index (χ4v) is 5.32. The molecule has 0 amide bonds. The minimum absolute atomic E-state index is 0.129. The van der Waals surface area contributed by atoms with Gasteiger partial charge in [-0.25, -0.2) is 22.9 Å². The lowest BCUT2D eigenvalue weighted by Gasteiger charge is -2.10. The van der Waals surface area contributed by atoms with Crippen molar-refractivity contribution in [3.63, 3.8) is 0 Å². The van der Waals surface area contributed by atoms with E-state index in [-0.39, 0.29) is 10.6 Å². The highest BCUT2D eigenvalue weighted by Crippen LogP contribution is 2.35. The van der Waals surface area contributed by atoms with Gasteiger partial charge < -0.3 is 4.42 Å². The van der Waals surface area contributed by atoms with Gasteiger partial charge in [0.05, 0.1) is 32.5 Å². The van der Waals surface area contributed by atoms with E-state index in [9.17, 15) is 13.2 Å². The summed E-state index contributed by atoms with van der Waals surface area (Å²) < 4.78 is 38.4. The second kappa shape index (κ2) is 7.42. The van der Waals surface area contributed by atoms with Gasteiger partial charge in [-0.15, -0.1) is 0 Å². The van der Waals surface area contributed by atoms with Crippen LogP contribution < -0.4 is 10.4 Å². The second-order valence-corrected chi connectivity index (χ2v) is 10.2. The number of rotatable bonds is 4. The van der Waals surface area contributed by atoms with Crippen molar-refractivity contribution in [2.45, 2.75) is 4.90 Å². The molecule has 0 unspecified atom stereocenters. The van der Waals surface area contributed by atoms with Crippen LogP contribution in [-0.2, 0) is 24.1 Å². The first kappa shape index (κ1) is 21.4. The summed E-state index contributed by atoms with van der Waals surface area (Å²) in [4.78, 5) is 17.5. The van der Waals surface area contributed by atoms with Gasteiger partial charge in [0.25, 0.3) is 0 Å². The van der Waals surface area contributed by atoms with Crippen LogP contribution in [0.5, 0.6) is 0 Å². The maximum Gasteiger partial charge on any atom is 0.328 e. The number of fused-ring (bicyclic) bond motifs is 3. The van der Waals surface area contributed by atoms with E-state index < -0.39 is 10.0 Å². The molecule has 1 N–H and O–H groups in total. The number of imidazole rings is 2. The lowest BCUT2D eigenvalue weighted by molar-refractivity contribution is 0.588. The summed E-state index contributed by atoms with van der Waals surface area (Å²) in [7, 11) is 1.16. The molecule has 0 bridgehead atoms. The highest BCUT2D eigenvalue weighted by atomic mass is 32.2. The van der Waals surface area contributed by atoms with Crippen molar-refractivity contribution in [3.05, 3.63) is 77.4 Å². The molecule has 176 valence electrons. The van der Waals surface area contributed by atoms with E-state index in [0.717, 1.165) is 33.3 Å². The largest absolute Gasteiger partial charge is 0.464 e. The Bertz CT molecular complexity index is 1960. The van der Waals surface area contributed by atoms with Gasteiger partial charge in [0.2, 0.25) is 10.0 Å². The molecule has 0 saturated carbocycles. The fourth-order valence-electron chi connectivity index (χ4n) is 4.57. The quantitative estimate of drug-likeness (QED) is 0.410. The van der Waals surface area contributed by atoms with E-state index in [1.807, 2.05) is 47.0 Å². The standard InChI is InChI=1S/C25H21N5O4S/c1-26-35(32,33)16-9-10-19-21(13-16)30(15-8-11-20-22(12-15)29(3)25(31)28(20)2)24(27-19)18-14-34-23-7-5-4-6-17(18)23/h4-14,26H,1-3H3. The molecule has 0 atom stereocenters. The highest BCUT2D eigenvalue weighted by Gasteiger charge is 2.21. The molecule has 0 fully saturated rings. The third-order valence-corrected chi connectivity index (χ3v) is 7.85. The van der Waals surface area contributed by atoms with Gasteiger partial charge >= 0.3 is 5.69 Å². The number of furan rings is 1. The van der Waals surface area contributed by atoms with Gasteiger partial charge in [-0.2, -0.15) is 0 Å². The van der Waals surface area contributed by atoms with Crippen molar-refractivity contribution >= 4 is 43.1 Å². The smallest absolute Gasteiger partial charge is 0.328 e. The van der Waals surface area contributed by atoms with Crippen LogP contribution >= 0.6 is 0 Å². The Labute approximate surface area is 199 Å². The molecular weight excluding hydrogens is 466 g/mol. The number of nitrogens with zero attached hydrogens (tertiary/aromatic N) is 4. The Morgan fingerprint density at radius 2 is 1.69 bits per heavy atom. The molecule has 10 heteroatoms. The van der Waals surface area contributed by atoms with Crippen LogP contribution in [0.3, 0.4) is 0 Å². The first-order chi connectivity index (χ1) is 16.8. The number of nitrogens with one attached hydrogen (secondary N) is 1. The van der Waals surface area contributed by atoms with Crippen LogP contribution in [0.2, 0.25) is 0 Å². The maximum absolute atomic E-state index is 12.6. The molecule has 9 nitrogen and oxygen atoms in total. The lowest BCUT2D eigenvalue weighted by Crippen LogP contribution is -2.19. The summed E-state index contributed by atoms with van der Waals surface area (Å²) in [6, 6.07) is 18.2. The fraction of sp³-hybridized carbons (Fsp3) is 0.120. The first-order valence-corrected chi connectivity index (χ1v) is 12.4. The van der Waals surface area contributed by atoms with Crippen LogP contribution in [0.15, 0.2) is 81.0 Å². The van der Waals surface area contributed by atoms with Gasteiger partial charge in [-0.1, -0.05) is 18.2 Å². The molecule has 0 spiro atoms. The predicted octanol–water partition coefficient (Wildman–Crippen LogP) is 3.54. The summed E-state index contributed by atoms with van der Waals surface area (Å²) in [5.74, 6) is 0.601. The number of hydrogen-bond donors (Lipinski definition) is 1. The Kier molecular flexibility index (Phi) is 4.54. The summed E-state index contributed by atoms with van der Waals surface area (Å²) in [5, 5.41) is 0.889. The molecule has 3 aromatic carbocycles. The number of hydrogen-bond acceptors (Lipinski definition) is 5. The molecule has 0 radical (unpaired) electrons. The predicted molar refractivity (Wildman–Crippen MR) is 134 cm³/mol. The van der Waals surface area contributed by atoms with Gasteiger partial charge in [0.1, 0.15) is 17.7 Å². The molecule has 3 aromatic heterocycles. The topological polar surface area (TPSA) is 104 Å². The van der Waals surface area contributed by atoms with Gasteiger partial charge in [0, 0.05) is 25.2 Å². The van der Waals surface area contributed by atoms with E-state index in [4.69, 9.17) is 9.40 Å². The number of aryl methyl sites for hydroxylation is 2. The summed E-state index contributed by atoms with van der Waals surface area (Å²) >= 11 is 0. The Hall–Kier alpha value is -4.15. The lowest BCUT2D eigenvalue weighted by atomic mass is 10.1. The highest BCUT2D eigenvalue weighted by molar-refractivity contribution is 7.89. The van der Waals surface area contributed by atoms with Gasteiger partial charge in [0.15, 0.2) is 0 Å². The van der Waals surface area contributed by atoms with E-state index in [0.29, 0.717) is 16.9 Å². The number of aromatic nitrogens is 4. The average molecular weight is 488 g/mol. The van der Waals surface area contributed by atoms with Crippen molar-refractivity contribution in [1.29, 1.82) is 0 Å². The van der Waals surface area contributed by atoms with Crippen LogP contribution in [-0.4, -0.2) is 34.2 Å². The SMILES string of the molecule is CNS(=O)(=O)c1ccc2nc(-c3coc4ccccc34)n(-c3ccc4c(c3)n(C)c(=O)n4C)c2c1. The van der Waals surface area contributed by atoms with Crippen LogP contribution in [0.1, 0.15) is 0 Å². The van der Waals surface area contributed by atoms with E-state index in [2.05, 4.69) is 4.72 Å². The molecule has 0 aliphatic heterocycles. The molecule has 0 aliphatic rings. The molecule has 6 aromatic rings. The zero-order chi connectivity index (χ0) is 24.5. The van der Waals surface area contributed by atoms with E-state index in [1.165, 1.54) is 13.1 Å². The monoisotopic (exact) mass is 487 g/mol. The second-order valence-electron chi connectivity index (χ2n) is 8.35. The number of sulfonamides is 1. The first-order valence-electron chi connectivity index (χ1n) is 10.9. The van der Waals surface area contributed by atoms with Crippen molar-refractivity contribution in [3.8, 4) is 17.1 Å². The normalized spacial score (nSPS) is 12.3. The van der Waals surface area contributed by atoms with Gasteiger partial charge in [-0.05, 0) is 49.5 Å².